The van der Waals surface area contributed by atoms with E-state index in [1.807, 2.05) is 25.4 Å². The van der Waals surface area contributed by atoms with Gasteiger partial charge in [0.25, 0.3) is 0 Å². The summed E-state index contributed by atoms with van der Waals surface area (Å²) in [6.45, 7) is 7.29. The van der Waals surface area contributed by atoms with Crippen LogP contribution >= 0.6 is 11.3 Å². The second-order valence-corrected chi connectivity index (χ2v) is 7.21. The number of nitrogens with zero attached hydrogens (tertiary/aromatic N) is 6. The van der Waals surface area contributed by atoms with Crippen LogP contribution in [0.4, 0.5) is 17.6 Å². The van der Waals surface area contributed by atoms with E-state index in [2.05, 4.69) is 42.1 Å². The van der Waals surface area contributed by atoms with Crippen molar-refractivity contribution in [3.63, 3.8) is 0 Å². The lowest BCUT2D eigenvalue weighted by Crippen LogP contribution is -2.36. The molecule has 3 aromatic heterocycles. The fourth-order valence-electron chi connectivity index (χ4n) is 2.86. The first-order chi connectivity index (χ1) is 13.2. The molecular weight excluding hydrogens is 362 g/mol. The van der Waals surface area contributed by atoms with Crippen molar-refractivity contribution >= 4 is 28.9 Å². The van der Waals surface area contributed by atoms with Gasteiger partial charge in [0.05, 0.1) is 52.6 Å². The van der Waals surface area contributed by atoms with E-state index >= 15 is 0 Å². The summed E-state index contributed by atoms with van der Waals surface area (Å²) in [5.74, 6) is 0.942. The maximum absolute atomic E-state index is 5.37. The van der Waals surface area contributed by atoms with E-state index in [9.17, 15) is 0 Å². The Morgan fingerprint density at radius 2 is 1.89 bits per heavy atom. The quantitative estimate of drug-likeness (QED) is 0.719. The van der Waals surface area contributed by atoms with Gasteiger partial charge in [0, 0.05) is 19.3 Å². The van der Waals surface area contributed by atoms with Gasteiger partial charge in [-0.1, -0.05) is 6.92 Å². The highest BCUT2D eigenvalue weighted by atomic mass is 32.1. The van der Waals surface area contributed by atoms with Crippen LogP contribution in [0.5, 0.6) is 0 Å². The molecule has 1 aliphatic rings. The summed E-state index contributed by atoms with van der Waals surface area (Å²) in [5, 5.41) is 4.19. The summed E-state index contributed by atoms with van der Waals surface area (Å²) in [5.41, 5.74) is 2.84. The highest BCUT2D eigenvalue weighted by Gasteiger charge is 2.13. The Morgan fingerprint density at radius 1 is 1.11 bits per heavy atom. The summed E-state index contributed by atoms with van der Waals surface area (Å²) in [7, 11) is 0. The van der Waals surface area contributed by atoms with E-state index in [0.29, 0.717) is 11.9 Å². The number of aryl methyl sites for hydroxylation is 2. The molecule has 0 aromatic carbocycles. The van der Waals surface area contributed by atoms with Gasteiger partial charge in [-0.15, -0.1) is 11.3 Å². The van der Waals surface area contributed by atoms with Crippen molar-refractivity contribution in [1.82, 2.24) is 24.9 Å². The predicted octanol–water partition coefficient (Wildman–Crippen LogP) is 2.84. The summed E-state index contributed by atoms with van der Waals surface area (Å²) < 4.78 is 5.37. The van der Waals surface area contributed by atoms with Gasteiger partial charge in [-0.2, -0.15) is 0 Å². The van der Waals surface area contributed by atoms with Crippen molar-refractivity contribution in [2.24, 2.45) is 0 Å². The Labute approximate surface area is 161 Å². The summed E-state index contributed by atoms with van der Waals surface area (Å²) in [4.78, 5) is 25.5. The number of nitrogens with one attached hydrogen (secondary N) is 1. The topological polar surface area (TPSA) is 89.0 Å². The summed E-state index contributed by atoms with van der Waals surface area (Å²) in [6.07, 6.45) is 6.28. The lowest BCUT2D eigenvalue weighted by molar-refractivity contribution is 0.122. The van der Waals surface area contributed by atoms with Gasteiger partial charge in [0.15, 0.2) is 0 Å². The molecule has 4 heterocycles. The lowest BCUT2D eigenvalue weighted by Gasteiger charge is -2.28. The van der Waals surface area contributed by atoms with E-state index in [1.165, 1.54) is 0 Å². The zero-order valence-corrected chi connectivity index (χ0v) is 16.2. The van der Waals surface area contributed by atoms with Crippen LogP contribution in [0.1, 0.15) is 17.6 Å². The molecule has 0 saturated carbocycles. The van der Waals surface area contributed by atoms with E-state index in [4.69, 9.17) is 4.74 Å². The first-order valence-corrected chi connectivity index (χ1v) is 9.76. The monoisotopic (exact) mass is 383 g/mol. The summed E-state index contributed by atoms with van der Waals surface area (Å²) in [6, 6.07) is 1.90. The molecular formula is C18H21N7OS. The fraction of sp³-hybridized carbons (Fsp3) is 0.389. The molecule has 8 nitrogen and oxygen atoms in total. The van der Waals surface area contributed by atoms with Gasteiger partial charge in [-0.25, -0.2) is 24.9 Å². The minimum absolute atomic E-state index is 0.470. The molecule has 3 aromatic rings. The molecule has 0 atom stereocenters. The molecule has 0 radical (unpaired) electrons. The molecule has 140 valence electrons. The van der Waals surface area contributed by atoms with E-state index in [0.717, 1.165) is 59.7 Å². The maximum Gasteiger partial charge on any atom is 0.230 e. The molecule has 0 unspecified atom stereocenters. The number of ether oxygens (including phenoxy) is 1. The number of aromatic nitrogens is 5. The number of thiazole rings is 1. The highest BCUT2D eigenvalue weighted by molar-refractivity contribution is 7.15. The van der Waals surface area contributed by atoms with Crippen molar-refractivity contribution in [3.05, 3.63) is 35.4 Å². The zero-order valence-electron chi connectivity index (χ0n) is 15.3. The fourth-order valence-corrected chi connectivity index (χ4v) is 3.83. The third-order valence-electron chi connectivity index (χ3n) is 4.27. The maximum atomic E-state index is 5.37. The number of anilines is 3. The smallest absolute Gasteiger partial charge is 0.230 e. The molecule has 1 saturated heterocycles. The second-order valence-electron chi connectivity index (χ2n) is 6.13. The third-order valence-corrected chi connectivity index (χ3v) is 5.59. The molecule has 1 fully saturated rings. The number of hydrogen-bond donors (Lipinski definition) is 1. The Balaban J connectivity index is 1.50. The average molecular weight is 383 g/mol. The molecule has 0 spiro atoms. The van der Waals surface area contributed by atoms with Crippen molar-refractivity contribution in [2.75, 3.05) is 36.5 Å². The molecule has 1 N–H and O–H groups in total. The molecule has 4 rings (SSSR count). The van der Waals surface area contributed by atoms with Crippen LogP contribution in [0.25, 0.3) is 10.6 Å². The van der Waals surface area contributed by atoms with Gasteiger partial charge < -0.3 is 9.64 Å². The average Bonchev–Trinajstić information content (AvgIpc) is 3.10. The van der Waals surface area contributed by atoms with Crippen LogP contribution in [-0.4, -0.2) is 51.2 Å². The predicted molar refractivity (Wildman–Crippen MR) is 106 cm³/mol. The Morgan fingerprint density at radius 3 is 2.59 bits per heavy atom. The Bertz CT molecular complexity index is 906. The van der Waals surface area contributed by atoms with Crippen LogP contribution in [0.2, 0.25) is 0 Å². The minimum Gasteiger partial charge on any atom is -0.378 e. The molecule has 0 amide bonds. The second kappa shape index (κ2) is 7.93. The molecule has 0 bridgehead atoms. The molecule has 0 aliphatic carbocycles. The van der Waals surface area contributed by atoms with E-state index in [-0.39, 0.29) is 0 Å². The normalized spacial score (nSPS) is 14.4. The van der Waals surface area contributed by atoms with Crippen molar-refractivity contribution in [1.29, 1.82) is 0 Å². The van der Waals surface area contributed by atoms with Crippen LogP contribution < -0.4 is 10.2 Å². The van der Waals surface area contributed by atoms with E-state index in [1.54, 1.807) is 17.5 Å². The first-order valence-electron chi connectivity index (χ1n) is 8.94. The SMILES string of the molecule is CCc1nc(C)c(-c2ccnc(Nc3ncc(N4CCOCC4)cn3)n2)s1. The van der Waals surface area contributed by atoms with Crippen LogP contribution in [0, 0.1) is 6.92 Å². The summed E-state index contributed by atoms with van der Waals surface area (Å²) >= 11 is 1.67. The van der Waals surface area contributed by atoms with E-state index < -0.39 is 0 Å². The van der Waals surface area contributed by atoms with Crippen molar-refractivity contribution < 1.29 is 4.74 Å². The zero-order chi connectivity index (χ0) is 18.6. The van der Waals surface area contributed by atoms with Gasteiger partial charge in [0.2, 0.25) is 11.9 Å². The van der Waals surface area contributed by atoms with Gasteiger partial charge in [0.1, 0.15) is 0 Å². The van der Waals surface area contributed by atoms with Crippen LogP contribution in [-0.2, 0) is 11.2 Å². The largest absolute Gasteiger partial charge is 0.378 e. The van der Waals surface area contributed by atoms with Gasteiger partial charge in [-0.05, 0) is 19.4 Å². The molecule has 1 aliphatic heterocycles. The number of hydrogen-bond acceptors (Lipinski definition) is 9. The Kier molecular flexibility index (Phi) is 5.21. The van der Waals surface area contributed by atoms with Gasteiger partial charge in [-0.3, -0.25) is 5.32 Å². The van der Waals surface area contributed by atoms with Gasteiger partial charge >= 0.3 is 0 Å². The van der Waals surface area contributed by atoms with Crippen molar-refractivity contribution in [2.45, 2.75) is 20.3 Å². The highest BCUT2D eigenvalue weighted by Crippen LogP contribution is 2.29. The standard InChI is InChI=1S/C18H21N7OS/c1-3-15-22-12(2)16(27-15)14-4-5-19-18(23-14)24-17-20-10-13(11-21-17)25-6-8-26-9-7-25/h4-5,10-11H,3,6-9H2,1-2H3,(H,19,20,21,23,24). The lowest BCUT2D eigenvalue weighted by atomic mass is 10.3. The van der Waals surface area contributed by atoms with Crippen LogP contribution in [0.3, 0.4) is 0 Å². The van der Waals surface area contributed by atoms with Crippen LogP contribution in [0.15, 0.2) is 24.7 Å². The van der Waals surface area contributed by atoms with Crippen molar-refractivity contribution in [3.8, 4) is 10.6 Å². The Hall–Kier alpha value is -2.65. The molecule has 9 heteroatoms. The molecule has 27 heavy (non-hydrogen) atoms. The number of morpholine rings is 1. The third kappa shape index (κ3) is 4.04. The first kappa shape index (κ1) is 17.7. The number of rotatable bonds is 5. The minimum atomic E-state index is 0.470.